The first-order chi connectivity index (χ1) is 13.0. The molecular weight excluding hydrogens is 338 g/mol. The zero-order valence-corrected chi connectivity index (χ0v) is 16.2. The van der Waals surface area contributed by atoms with E-state index >= 15 is 0 Å². The van der Waals surface area contributed by atoms with Crippen LogP contribution in [0, 0.1) is 6.92 Å². The van der Waals surface area contributed by atoms with Gasteiger partial charge in [0.25, 0.3) is 5.91 Å². The lowest BCUT2D eigenvalue weighted by atomic mass is 10.1. The molecule has 1 heterocycles. The van der Waals surface area contributed by atoms with Gasteiger partial charge in [0.1, 0.15) is 0 Å². The van der Waals surface area contributed by atoms with Crippen molar-refractivity contribution in [3.8, 4) is 0 Å². The minimum absolute atomic E-state index is 0.00902. The predicted octanol–water partition coefficient (Wildman–Crippen LogP) is 4.46. The van der Waals surface area contributed by atoms with Gasteiger partial charge in [-0.2, -0.15) is 0 Å². The van der Waals surface area contributed by atoms with Crippen LogP contribution in [-0.4, -0.2) is 41.9 Å². The summed E-state index contributed by atoms with van der Waals surface area (Å²) < 4.78 is 0. The van der Waals surface area contributed by atoms with Gasteiger partial charge in [0.2, 0.25) is 0 Å². The van der Waals surface area contributed by atoms with Crippen LogP contribution in [0.4, 0.5) is 10.5 Å². The Morgan fingerprint density at radius 1 is 1.04 bits per heavy atom. The molecule has 3 rings (SSSR count). The van der Waals surface area contributed by atoms with E-state index in [0.717, 1.165) is 37.1 Å². The van der Waals surface area contributed by atoms with Gasteiger partial charge in [-0.3, -0.25) is 4.79 Å². The summed E-state index contributed by atoms with van der Waals surface area (Å²) in [6.07, 6.45) is 2.08. The Kier molecular flexibility index (Phi) is 5.79. The fourth-order valence-corrected chi connectivity index (χ4v) is 3.43. The van der Waals surface area contributed by atoms with E-state index in [1.807, 2.05) is 61.2 Å². The van der Waals surface area contributed by atoms with Crippen molar-refractivity contribution in [3.63, 3.8) is 0 Å². The molecule has 0 saturated carbocycles. The molecule has 1 saturated heterocycles. The Balaban J connectivity index is 1.80. The lowest BCUT2D eigenvalue weighted by molar-refractivity contribution is 0.0793. The molecule has 1 N–H and O–H groups in total. The maximum absolute atomic E-state index is 12.9. The number of benzene rings is 2. The predicted molar refractivity (Wildman–Crippen MR) is 108 cm³/mol. The maximum atomic E-state index is 12.9. The molecule has 0 radical (unpaired) electrons. The van der Waals surface area contributed by atoms with Gasteiger partial charge in [0.05, 0.1) is 17.3 Å². The number of hydrogen-bond donors (Lipinski definition) is 1. The van der Waals surface area contributed by atoms with Gasteiger partial charge >= 0.3 is 6.03 Å². The van der Waals surface area contributed by atoms with Crippen molar-refractivity contribution in [1.82, 2.24) is 9.80 Å². The molecule has 27 heavy (non-hydrogen) atoms. The monoisotopic (exact) mass is 365 g/mol. The van der Waals surface area contributed by atoms with E-state index < -0.39 is 0 Å². The third-order valence-corrected chi connectivity index (χ3v) is 5.31. The van der Waals surface area contributed by atoms with E-state index in [4.69, 9.17) is 0 Å². The molecule has 0 aliphatic carbocycles. The summed E-state index contributed by atoms with van der Waals surface area (Å²) in [4.78, 5) is 29.3. The third kappa shape index (κ3) is 4.13. The van der Waals surface area contributed by atoms with Gasteiger partial charge in [-0.1, -0.05) is 42.5 Å². The second-order valence-corrected chi connectivity index (χ2v) is 7.12. The molecule has 2 aromatic carbocycles. The molecule has 142 valence electrons. The number of nitrogens with zero attached hydrogens (tertiary/aromatic N) is 2. The molecule has 3 amide bonds. The number of carbonyl (C=O) groups excluding carboxylic acids is 2. The van der Waals surface area contributed by atoms with Crippen LogP contribution in [-0.2, 0) is 0 Å². The van der Waals surface area contributed by atoms with Crippen LogP contribution in [0.3, 0.4) is 0 Å². The number of rotatable bonds is 4. The molecule has 1 aliphatic rings. The summed E-state index contributed by atoms with van der Waals surface area (Å²) in [5.41, 5.74) is 3.11. The molecule has 5 heteroatoms. The van der Waals surface area contributed by atoms with Crippen LogP contribution < -0.4 is 5.32 Å². The van der Waals surface area contributed by atoms with Crippen molar-refractivity contribution in [2.24, 2.45) is 0 Å². The topological polar surface area (TPSA) is 52.7 Å². The van der Waals surface area contributed by atoms with E-state index in [0.29, 0.717) is 11.3 Å². The van der Waals surface area contributed by atoms with Gasteiger partial charge in [-0.25, -0.2) is 4.79 Å². The third-order valence-electron chi connectivity index (χ3n) is 5.31. The first-order valence-electron chi connectivity index (χ1n) is 9.46. The number of hydrogen-bond acceptors (Lipinski definition) is 2. The highest BCUT2D eigenvalue weighted by atomic mass is 16.2. The summed E-state index contributed by atoms with van der Waals surface area (Å²) in [6.45, 7) is 5.47. The van der Waals surface area contributed by atoms with Gasteiger partial charge in [-0.05, 0) is 43.9 Å². The second-order valence-electron chi connectivity index (χ2n) is 7.12. The van der Waals surface area contributed by atoms with Crippen LogP contribution in [0.5, 0.6) is 0 Å². The van der Waals surface area contributed by atoms with Crippen LogP contribution in [0.1, 0.15) is 47.3 Å². The second kappa shape index (κ2) is 8.25. The number of carbonyl (C=O) groups is 2. The largest absolute Gasteiger partial charge is 0.339 e. The van der Waals surface area contributed by atoms with Crippen LogP contribution >= 0.6 is 0 Å². The zero-order valence-electron chi connectivity index (χ0n) is 16.2. The Labute approximate surface area is 161 Å². The number of nitrogens with one attached hydrogen (secondary N) is 1. The summed E-state index contributed by atoms with van der Waals surface area (Å²) in [5, 5.41) is 2.97. The normalized spacial score (nSPS) is 14.7. The molecule has 0 aromatic heterocycles. The Bertz CT molecular complexity index is 814. The van der Waals surface area contributed by atoms with E-state index in [1.54, 1.807) is 18.0 Å². The smallest absolute Gasteiger partial charge is 0.322 e. The SMILES string of the molecule is Cc1cccc(C(=O)N2CCCC2)c1NC(=O)N(C)C(C)c1ccccc1. The summed E-state index contributed by atoms with van der Waals surface area (Å²) in [6, 6.07) is 15.2. The van der Waals surface area contributed by atoms with E-state index in [-0.39, 0.29) is 18.0 Å². The van der Waals surface area contributed by atoms with E-state index in [1.165, 1.54) is 0 Å². The van der Waals surface area contributed by atoms with Crippen LogP contribution in [0.15, 0.2) is 48.5 Å². The summed E-state index contributed by atoms with van der Waals surface area (Å²) in [7, 11) is 1.77. The molecule has 0 spiro atoms. The van der Waals surface area contributed by atoms with Crippen molar-refractivity contribution >= 4 is 17.6 Å². The summed E-state index contributed by atoms with van der Waals surface area (Å²) >= 11 is 0. The molecule has 1 unspecified atom stereocenters. The van der Waals surface area contributed by atoms with Gasteiger partial charge in [0, 0.05) is 20.1 Å². The quantitative estimate of drug-likeness (QED) is 0.870. The zero-order chi connectivity index (χ0) is 19.4. The maximum Gasteiger partial charge on any atom is 0.322 e. The lowest BCUT2D eigenvalue weighted by Gasteiger charge is -2.27. The van der Waals surface area contributed by atoms with E-state index in [2.05, 4.69) is 5.32 Å². The molecule has 5 nitrogen and oxygen atoms in total. The van der Waals surface area contributed by atoms with Gasteiger partial charge in [-0.15, -0.1) is 0 Å². The molecule has 2 aromatic rings. The summed E-state index contributed by atoms with van der Waals surface area (Å²) in [5.74, 6) is -0.00902. The Hall–Kier alpha value is -2.82. The highest BCUT2D eigenvalue weighted by Gasteiger charge is 2.25. The number of urea groups is 1. The van der Waals surface area contributed by atoms with Gasteiger partial charge in [0.15, 0.2) is 0 Å². The Morgan fingerprint density at radius 3 is 2.37 bits per heavy atom. The highest BCUT2D eigenvalue weighted by molar-refractivity contribution is 6.04. The average Bonchev–Trinajstić information content (AvgIpc) is 3.23. The molecular formula is C22H27N3O2. The number of para-hydroxylation sites is 1. The van der Waals surface area contributed by atoms with Crippen molar-refractivity contribution < 1.29 is 9.59 Å². The molecule has 1 aliphatic heterocycles. The average molecular weight is 365 g/mol. The molecule has 1 fully saturated rings. The van der Waals surface area contributed by atoms with Crippen molar-refractivity contribution in [2.75, 3.05) is 25.5 Å². The van der Waals surface area contributed by atoms with E-state index in [9.17, 15) is 9.59 Å². The number of likely N-dealkylation sites (tertiary alicyclic amines) is 1. The van der Waals surface area contributed by atoms with Crippen molar-refractivity contribution in [1.29, 1.82) is 0 Å². The minimum atomic E-state index is -0.226. The highest BCUT2D eigenvalue weighted by Crippen LogP contribution is 2.26. The number of anilines is 1. The van der Waals surface area contributed by atoms with Crippen LogP contribution in [0.2, 0.25) is 0 Å². The Morgan fingerprint density at radius 2 is 1.70 bits per heavy atom. The molecule has 1 atom stereocenters. The number of aryl methyl sites for hydroxylation is 1. The van der Waals surface area contributed by atoms with Crippen LogP contribution in [0.25, 0.3) is 0 Å². The van der Waals surface area contributed by atoms with Gasteiger partial charge < -0.3 is 15.1 Å². The first kappa shape index (κ1) is 19.0. The number of amides is 3. The first-order valence-corrected chi connectivity index (χ1v) is 9.46. The lowest BCUT2D eigenvalue weighted by Crippen LogP contribution is -2.35. The van der Waals surface area contributed by atoms with Crippen molar-refractivity contribution in [2.45, 2.75) is 32.7 Å². The standard InChI is InChI=1S/C22H27N3O2/c1-16-10-9-13-19(21(26)25-14-7-8-15-25)20(16)23-22(27)24(3)17(2)18-11-5-4-6-12-18/h4-6,9-13,17H,7-8,14-15H2,1-3H3,(H,23,27). The fraction of sp³-hybridized carbons (Fsp3) is 0.364. The minimum Gasteiger partial charge on any atom is -0.339 e. The van der Waals surface area contributed by atoms with Crippen molar-refractivity contribution in [3.05, 3.63) is 65.2 Å². The fourth-order valence-electron chi connectivity index (χ4n) is 3.43. The molecule has 0 bridgehead atoms.